The molecule has 0 aliphatic rings. The van der Waals surface area contributed by atoms with Crippen LogP contribution < -0.4 is 15.4 Å². The Bertz CT molecular complexity index is 600. The van der Waals surface area contributed by atoms with Gasteiger partial charge in [-0.3, -0.25) is 9.59 Å². The minimum Gasteiger partial charge on any atom is -0.484 e. The Labute approximate surface area is 139 Å². The highest BCUT2D eigenvalue weighted by Crippen LogP contribution is 2.08. The predicted octanol–water partition coefficient (Wildman–Crippen LogP) is 1.99. The zero-order chi connectivity index (χ0) is 16.3. The normalized spacial score (nSPS) is 10.1. The molecule has 2 rings (SSSR count). The number of carbonyl (C=O) groups excluding carboxylic acids is 2. The first-order chi connectivity index (χ1) is 11.2. The third-order valence-electron chi connectivity index (χ3n) is 3.10. The molecule has 0 atom stereocenters. The second-order valence-corrected chi connectivity index (χ2v) is 5.71. The highest BCUT2D eigenvalue weighted by Gasteiger charge is 2.04. The Kier molecular flexibility index (Phi) is 7.13. The molecule has 0 aliphatic heterocycles. The zero-order valence-corrected chi connectivity index (χ0v) is 13.6. The summed E-state index contributed by atoms with van der Waals surface area (Å²) in [6.07, 6.45) is 1.20. The summed E-state index contributed by atoms with van der Waals surface area (Å²) in [4.78, 5) is 23.2. The summed E-state index contributed by atoms with van der Waals surface area (Å²) in [5.41, 5.74) is 1.18. The largest absolute Gasteiger partial charge is 0.484 e. The Morgan fingerprint density at radius 2 is 1.74 bits per heavy atom. The molecule has 0 bridgehead atoms. The molecule has 2 N–H and O–H groups in total. The van der Waals surface area contributed by atoms with Crippen LogP contribution in [-0.2, 0) is 16.0 Å². The fraction of sp³-hybridized carbons (Fsp3) is 0.294. The minimum atomic E-state index is -0.207. The second kappa shape index (κ2) is 9.63. The molecule has 0 saturated carbocycles. The maximum Gasteiger partial charge on any atom is 0.258 e. The average molecular weight is 332 g/mol. The Hall–Kier alpha value is -2.34. The highest BCUT2D eigenvalue weighted by molar-refractivity contribution is 7.07. The van der Waals surface area contributed by atoms with Gasteiger partial charge in [-0.05, 0) is 40.9 Å². The Balaban J connectivity index is 1.51. The Morgan fingerprint density at radius 1 is 1.00 bits per heavy atom. The van der Waals surface area contributed by atoms with E-state index in [1.165, 1.54) is 5.56 Å². The van der Waals surface area contributed by atoms with E-state index >= 15 is 0 Å². The van der Waals surface area contributed by atoms with Crippen molar-refractivity contribution in [1.82, 2.24) is 10.6 Å². The fourth-order valence-corrected chi connectivity index (χ4v) is 2.60. The van der Waals surface area contributed by atoms with Gasteiger partial charge in [-0.25, -0.2) is 0 Å². The van der Waals surface area contributed by atoms with Crippen molar-refractivity contribution in [3.8, 4) is 5.75 Å². The van der Waals surface area contributed by atoms with Gasteiger partial charge in [0.05, 0.1) is 0 Å². The molecule has 0 aliphatic carbocycles. The molecule has 0 saturated heterocycles. The van der Waals surface area contributed by atoms with Gasteiger partial charge in [-0.1, -0.05) is 18.2 Å². The van der Waals surface area contributed by atoms with Crippen LogP contribution >= 0.6 is 11.3 Å². The number of aryl methyl sites for hydroxylation is 1. The van der Waals surface area contributed by atoms with Crippen LogP contribution in [0.25, 0.3) is 0 Å². The molecule has 0 fully saturated rings. The van der Waals surface area contributed by atoms with Gasteiger partial charge in [-0.2, -0.15) is 11.3 Å². The summed E-state index contributed by atoms with van der Waals surface area (Å²) in [6, 6.07) is 11.2. The van der Waals surface area contributed by atoms with Gasteiger partial charge in [0, 0.05) is 19.5 Å². The number of hydrogen-bond donors (Lipinski definition) is 2. The van der Waals surface area contributed by atoms with Crippen molar-refractivity contribution in [3.63, 3.8) is 0 Å². The molecule has 1 aromatic carbocycles. The number of carbonyl (C=O) groups is 2. The van der Waals surface area contributed by atoms with Crippen molar-refractivity contribution >= 4 is 23.2 Å². The minimum absolute atomic E-state index is 0.00835. The number of rotatable bonds is 9. The van der Waals surface area contributed by atoms with Gasteiger partial charge in [0.1, 0.15) is 5.75 Å². The van der Waals surface area contributed by atoms with Crippen molar-refractivity contribution in [2.24, 2.45) is 0 Å². The number of ether oxygens (including phenoxy) is 1. The number of nitrogens with one attached hydrogen (secondary N) is 2. The number of amides is 2. The van der Waals surface area contributed by atoms with Crippen LogP contribution in [-0.4, -0.2) is 31.5 Å². The summed E-state index contributed by atoms with van der Waals surface area (Å²) in [6.45, 7) is 0.775. The van der Waals surface area contributed by atoms with Crippen LogP contribution in [0.2, 0.25) is 0 Å². The maximum absolute atomic E-state index is 11.6. The van der Waals surface area contributed by atoms with E-state index in [1.807, 2.05) is 35.0 Å². The lowest BCUT2D eigenvalue weighted by atomic mass is 10.2. The van der Waals surface area contributed by atoms with E-state index in [0.717, 1.165) is 6.42 Å². The van der Waals surface area contributed by atoms with Gasteiger partial charge in [-0.15, -0.1) is 0 Å². The summed E-state index contributed by atoms with van der Waals surface area (Å²) in [7, 11) is 0. The summed E-state index contributed by atoms with van der Waals surface area (Å²) in [5, 5.41) is 9.53. The van der Waals surface area contributed by atoms with E-state index < -0.39 is 0 Å². The lowest BCUT2D eigenvalue weighted by Crippen LogP contribution is -2.36. The molecule has 122 valence electrons. The zero-order valence-electron chi connectivity index (χ0n) is 12.8. The molecule has 5 nitrogen and oxygen atoms in total. The van der Waals surface area contributed by atoms with Gasteiger partial charge < -0.3 is 15.4 Å². The van der Waals surface area contributed by atoms with E-state index in [9.17, 15) is 9.59 Å². The quantitative estimate of drug-likeness (QED) is 0.690. The summed E-state index contributed by atoms with van der Waals surface area (Å²) < 4.78 is 5.33. The third kappa shape index (κ3) is 6.97. The van der Waals surface area contributed by atoms with Crippen LogP contribution in [0.1, 0.15) is 12.0 Å². The standard InChI is InChI=1S/C17H20N2O3S/c20-16(7-6-14-8-11-23-13-14)18-9-10-19-17(21)12-22-15-4-2-1-3-5-15/h1-5,8,11,13H,6-7,9-10,12H2,(H,18,20)(H,19,21). The van der Waals surface area contributed by atoms with E-state index in [2.05, 4.69) is 10.6 Å². The predicted molar refractivity (Wildman–Crippen MR) is 90.6 cm³/mol. The summed E-state index contributed by atoms with van der Waals surface area (Å²) in [5.74, 6) is 0.441. The van der Waals surface area contributed by atoms with Crippen molar-refractivity contribution in [1.29, 1.82) is 0 Å². The monoisotopic (exact) mass is 332 g/mol. The van der Waals surface area contributed by atoms with Gasteiger partial charge in [0.25, 0.3) is 5.91 Å². The maximum atomic E-state index is 11.6. The molecular weight excluding hydrogens is 312 g/mol. The first kappa shape index (κ1) is 17.0. The van der Waals surface area contributed by atoms with Crippen molar-refractivity contribution in [3.05, 3.63) is 52.7 Å². The lowest BCUT2D eigenvalue weighted by molar-refractivity contribution is -0.124. The molecule has 1 aromatic heterocycles. The molecule has 2 aromatic rings. The van der Waals surface area contributed by atoms with Crippen molar-refractivity contribution in [2.45, 2.75) is 12.8 Å². The Morgan fingerprint density at radius 3 is 2.43 bits per heavy atom. The molecule has 6 heteroatoms. The lowest BCUT2D eigenvalue weighted by Gasteiger charge is -2.08. The van der Waals surface area contributed by atoms with Gasteiger partial charge >= 0.3 is 0 Å². The number of benzene rings is 1. The topological polar surface area (TPSA) is 67.4 Å². The van der Waals surface area contributed by atoms with Crippen LogP contribution in [0.5, 0.6) is 5.75 Å². The van der Waals surface area contributed by atoms with Crippen LogP contribution in [0.3, 0.4) is 0 Å². The highest BCUT2D eigenvalue weighted by atomic mass is 32.1. The molecule has 2 amide bonds. The fourth-order valence-electron chi connectivity index (χ4n) is 1.90. The van der Waals surface area contributed by atoms with Gasteiger partial charge in [0.2, 0.25) is 5.91 Å². The third-order valence-corrected chi connectivity index (χ3v) is 3.84. The van der Waals surface area contributed by atoms with Crippen LogP contribution in [0, 0.1) is 0 Å². The van der Waals surface area contributed by atoms with Crippen LogP contribution in [0.15, 0.2) is 47.2 Å². The molecule has 0 radical (unpaired) electrons. The first-order valence-electron chi connectivity index (χ1n) is 7.46. The van der Waals surface area contributed by atoms with E-state index in [-0.39, 0.29) is 18.4 Å². The summed E-state index contributed by atoms with van der Waals surface area (Å²) >= 11 is 1.63. The number of para-hydroxylation sites is 1. The second-order valence-electron chi connectivity index (χ2n) is 4.93. The van der Waals surface area contributed by atoms with E-state index in [4.69, 9.17) is 4.74 Å². The molecule has 1 heterocycles. The van der Waals surface area contributed by atoms with E-state index in [0.29, 0.717) is 25.3 Å². The number of thiophene rings is 1. The molecular formula is C17H20N2O3S. The van der Waals surface area contributed by atoms with Crippen LogP contribution in [0.4, 0.5) is 0 Å². The van der Waals surface area contributed by atoms with Crippen molar-refractivity contribution < 1.29 is 14.3 Å². The van der Waals surface area contributed by atoms with Crippen molar-refractivity contribution in [2.75, 3.05) is 19.7 Å². The number of hydrogen-bond acceptors (Lipinski definition) is 4. The molecule has 23 heavy (non-hydrogen) atoms. The molecule has 0 spiro atoms. The smallest absolute Gasteiger partial charge is 0.258 e. The average Bonchev–Trinajstić information content (AvgIpc) is 3.09. The SMILES string of the molecule is O=C(CCc1ccsc1)NCCNC(=O)COc1ccccc1. The van der Waals surface area contributed by atoms with E-state index in [1.54, 1.807) is 23.5 Å². The molecule has 0 unspecified atom stereocenters. The van der Waals surface area contributed by atoms with Gasteiger partial charge in [0.15, 0.2) is 6.61 Å². The first-order valence-corrected chi connectivity index (χ1v) is 8.40.